The maximum Gasteiger partial charge on any atom is 0.224 e. The van der Waals surface area contributed by atoms with Crippen molar-refractivity contribution in [1.29, 1.82) is 0 Å². The number of unbranched alkanes of at least 4 members (excludes halogenated alkanes) is 1. The van der Waals surface area contributed by atoms with E-state index in [1.165, 1.54) is 10.4 Å². The fourth-order valence-electron chi connectivity index (χ4n) is 2.58. The highest BCUT2D eigenvalue weighted by Crippen LogP contribution is 2.39. The molecular formula is C20H35N3OS. The van der Waals surface area contributed by atoms with E-state index in [1.807, 2.05) is 11.8 Å². The second kappa shape index (κ2) is 9.51. The molecule has 0 aromatic carbocycles. The normalized spacial score (nSPS) is 11.6. The minimum Gasteiger partial charge on any atom is -0.304 e. The molecule has 0 spiro atoms. The molecule has 0 aliphatic carbocycles. The van der Waals surface area contributed by atoms with E-state index in [1.54, 1.807) is 18.3 Å². The largest absolute Gasteiger partial charge is 0.304 e. The molecule has 0 fully saturated rings. The first kappa shape index (κ1) is 21.9. The maximum absolute atomic E-state index is 12.2. The number of anilines is 1. The first-order chi connectivity index (χ1) is 11.6. The lowest BCUT2D eigenvalue weighted by atomic mass is 10.0. The lowest BCUT2D eigenvalue weighted by molar-refractivity contribution is -0.116. The number of rotatable bonds is 10. The van der Waals surface area contributed by atoms with Crippen LogP contribution in [0.5, 0.6) is 0 Å². The van der Waals surface area contributed by atoms with E-state index in [0.29, 0.717) is 0 Å². The van der Waals surface area contributed by atoms with Gasteiger partial charge in [-0.25, -0.2) is 0 Å². The average Bonchev–Trinajstić information content (AvgIpc) is 2.84. The number of hydrogen-bond acceptors (Lipinski definition) is 4. The molecule has 0 aliphatic rings. The summed E-state index contributed by atoms with van der Waals surface area (Å²) in [6, 6.07) is 0. The molecule has 0 atom stereocenters. The van der Waals surface area contributed by atoms with Gasteiger partial charge in [-0.3, -0.25) is 15.6 Å². The van der Waals surface area contributed by atoms with Gasteiger partial charge >= 0.3 is 0 Å². The van der Waals surface area contributed by atoms with Gasteiger partial charge in [-0.1, -0.05) is 26.8 Å². The third-order valence-electron chi connectivity index (χ3n) is 4.57. The zero-order chi connectivity index (χ0) is 19.2. The zero-order valence-electron chi connectivity index (χ0n) is 17.0. The van der Waals surface area contributed by atoms with Crippen LogP contribution in [-0.4, -0.2) is 18.0 Å². The lowest BCUT2D eigenvalue weighted by Gasteiger charge is -2.24. The van der Waals surface area contributed by atoms with E-state index >= 15 is 0 Å². The summed E-state index contributed by atoms with van der Waals surface area (Å²) < 4.78 is 0. The Kier molecular flexibility index (Phi) is 8.32. The van der Waals surface area contributed by atoms with Gasteiger partial charge in [-0.2, -0.15) is 0 Å². The Morgan fingerprint density at radius 3 is 2.40 bits per heavy atom. The number of amides is 1. The molecule has 1 amide bonds. The summed E-state index contributed by atoms with van der Waals surface area (Å²) in [6.07, 6.45) is 3.12. The Hall–Kier alpha value is -1.17. The lowest BCUT2D eigenvalue weighted by Crippen LogP contribution is -2.47. The Morgan fingerprint density at radius 2 is 1.92 bits per heavy atom. The van der Waals surface area contributed by atoms with Crippen LogP contribution in [0.25, 0.3) is 5.57 Å². The Morgan fingerprint density at radius 1 is 1.28 bits per heavy atom. The number of allylic oxidation sites excluding steroid dienone is 1. The smallest absolute Gasteiger partial charge is 0.224 e. The van der Waals surface area contributed by atoms with E-state index in [2.05, 4.69) is 52.0 Å². The third kappa shape index (κ3) is 5.94. The van der Waals surface area contributed by atoms with Gasteiger partial charge in [0.25, 0.3) is 0 Å². The monoisotopic (exact) mass is 365 g/mol. The molecule has 25 heavy (non-hydrogen) atoms. The molecule has 142 valence electrons. The molecular weight excluding hydrogens is 330 g/mol. The first-order valence-corrected chi connectivity index (χ1v) is 10.0. The predicted octanol–water partition coefficient (Wildman–Crippen LogP) is 5.03. The van der Waals surface area contributed by atoms with Crippen molar-refractivity contribution in [3.8, 4) is 0 Å². The van der Waals surface area contributed by atoms with Crippen molar-refractivity contribution < 1.29 is 4.79 Å². The second-order valence-electron chi connectivity index (χ2n) is 7.35. The number of carbonyl (C=O) groups is 1. The van der Waals surface area contributed by atoms with Gasteiger partial charge in [0.15, 0.2) is 0 Å². The van der Waals surface area contributed by atoms with Crippen molar-refractivity contribution >= 4 is 27.8 Å². The number of hydrogen-bond donors (Lipinski definition) is 2. The van der Waals surface area contributed by atoms with Gasteiger partial charge in [-0.05, 0) is 51.7 Å². The number of thiophene rings is 1. The summed E-state index contributed by atoms with van der Waals surface area (Å²) in [7, 11) is 0. The summed E-state index contributed by atoms with van der Waals surface area (Å²) in [5.74, 6) is 0.0990. The van der Waals surface area contributed by atoms with E-state index in [9.17, 15) is 4.79 Å². The number of nitrogens with zero attached hydrogens (tertiary/aromatic N) is 1. The highest BCUT2D eigenvalue weighted by atomic mass is 32.1. The van der Waals surface area contributed by atoms with Crippen molar-refractivity contribution in [2.24, 2.45) is 0 Å². The van der Waals surface area contributed by atoms with E-state index in [-0.39, 0.29) is 11.4 Å². The second-order valence-corrected chi connectivity index (χ2v) is 8.43. The Balaban J connectivity index is 3.09. The Labute approximate surface area is 157 Å². The SMILES string of the molecule is C=C(C)c1c(N(CCCC)C(C)=O)sc(CNNC(C)(C)CC)c1C. The van der Waals surface area contributed by atoms with Gasteiger partial charge in [0.1, 0.15) is 5.00 Å². The fourth-order valence-corrected chi connectivity index (χ4v) is 3.97. The molecule has 1 heterocycles. The fraction of sp³-hybridized carbons (Fsp3) is 0.650. The average molecular weight is 366 g/mol. The minimum absolute atomic E-state index is 0.0533. The van der Waals surface area contributed by atoms with Crippen LogP contribution < -0.4 is 15.8 Å². The standard InChI is InChI=1S/C20H35N3OS/c1-9-11-12-23(16(6)24)19-18(14(3)4)15(5)17(25-19)13-21-22-20(7,8)10-2/h21-22H,3,9-13H2,1-2,4-8H3. The third-order valence-corrected chi connectivity index (χ3v) is 5.89. The highest BCUT2D eigenvalue weighted by molar-refractivity contribution is 7.16. The van der Waals surface area contributed by atoms with Crippen molar-refractivity contribution in [1.82, 2.24) is 10.9 Å². The highest BCUT2D eigenvalue weighted by Gasteiger charge is 2.23. The molecule has 0 aliphatic heterocycles. The van der Waals surface area contributed by atoms with Crippen molar-refractivity contribution in [3.05, 3.63) is 22.6 Å². The molecule has 0 saturated carbocycles. The van der Waals surface area contributed by atoms with E-state index < -0.39 is 0 Å². The number of carbonyl (C=O) groups excluding carboxylic acids is 1. The van der Waals surface area contributed by atoms with Crippen LogP contribution >= 0.6 is 11.3 Å². The zero-order valence-corrected chi connectivity index (χ0v) is 17.8. The Bertz CT molecular complexity index is 604. The molecule has 1 rings (SSSR count). The maximum atomic E-state index is 12.2. The van der Waals surface area contributed by atoms with Crippen LogP contribution in [0.2, 0.25) is 0 Å². The van der Waals surface area contributed by atoms with Gasteiger partial charge < -0.3 is 4.90 Å². The molecule has 2 N–H and O–H groups in total. The molecule has 0 radical (unpaired) electrons. The van der Waals surface area contributed by atoms with Crippen LogP contribution in [0.4, 0.5) is 5.00 Å². The quantitative estimate of drug-likeness (QED) is 0.572. The summed E-state index contributed by atoms with van der Waals surface area (Å²) in [4.78, 5) is 15.4. The summed E-state index contributed by atoms with van der Waals surface area (Å²) in [5, 5.41) is 1.04. The first-order valence-electron chi connectivity index (χ1n) is 9.20. The van der Waals surface area contributed by atoms with Crippen molar-refractivity contribution in [3.63, 3.8) is 0 Å². The molecule has 0 saturated heterocycles. The van der Waals surface area contributed by atoms with Gasteiger partial charge in [-0.15, -0.1) is 11.3 Å². The molecule has 0 unspecified atom stereocenters. The molecule has 1 aromatic rings. The summed E-state index contributed by atoms with van der Waals surface area (Å²) >= 11 is 1.70. The van der Waals surface area contributed by atoms with Crippen LogP contribution in [0.1, 0.15) is 76.8 Å². The van der Waals surface area contributed by atoms with Crippen molar-refractivity contribution in [2.75, 3.05) is 11.4 Å². The van der Waals surface area contributed by atoms with Crippen LogP contribution in [0.15, 0.2) is 6.58 Å². The van der Waals surface area contributed by atoms with Crippen LogP contribution in [-0.2, 0) is 11.3 Å². The number of hydrazine groups is 1. The summed E-state index contributed by atoms with van der Waals surface area (Å²) in [5.41, 5.74) is 10.1. The predicted molar refractivity (Wildman–Crippen MR) is 111 cm³/mol. The van der Waals surface area contributed by atoms with Gasteiger partial charge in [0.2, 0.25) is 5.91 Å². The van der Waals surface area contributed by atoms with E-state index in [0.717, 1.165) is 48.5 Å². The molecule has 5 heteroatoms. The van der Waals surface area contributed by atoms with Gasteiger partial charge in [0, 0.05) is 36.0 Å². The molecule has 0 bridgehead atoms. The summed E-state index contributed by atoms with van der Waals surface area (Å²) in [6.45, 7) is 20.1. The number of nitrogens with one attached hydrogen (secondary N) is 2. The van der Waals surface area contributed by atoms with Crippen molar-refractivity contribution in [2.45, 2.75) is 79.8 Å². The van der Waals surface area contributed by atoms with Crippen LogP contribution in [0, 0.1) is 6.92 Å². The van der Waals surface area contributed by atoms with Gasteiger partial charge in [0.05, 0.1) is 0 Å². The van der Waals surface area contributed by atoms with E-state index in [4.69, 9.17) is 0 Å². The molecule has 4 nitrogen and oxygen atoms in total. The topological polar surface area (TPSA) is 44.4 Å². The van der Waals surface area contributed by atoms with Crippen LogP contribution in [0.3, 0.4) is 0 Å². The minimum atomic E-state index is 0.0533. The molecule has 1 aromatic heterocycles.